The highest BCUT2D eigenvalue weighted by Gasteiger charge is 2.50. The Morgan fingerprint density at radius 3 is 2.76 bits per heavy atom. The summed E-state index contributed by atoms with van der Waals surface area (Å²) in [6, 6.07) is 5.63. The predicted molar refractivity (Wildman–Crippen MR) is 136 cm³/mol. The molecule has 2 saturated carbocycles. The van der Waals surface area contributed by atoms with Crippen molar-refractivity contribution in [3.63, 3.8) is 0 Å². The topological polar surface area (TPSA) is 129 Å². The fraction of sp³-hybridized carbons (Fsp3) is 0.571. The van der Waals surface area contributed by atoms with Crippen LogP contribution >= 0.6 is 0 Å². The number of amides is 2. The SMILES string of the molecule is COc1cccc2[nH]c(C(=O)N3C[C@@H]4CCC[C@@H]4[C@H]3C(=O)N[C@@H](C[C@H]3C(=O)CC[C@@H]3C)C(=O)CO)cc12. The smallest absolute Gasteiger partial charge is 0.271 e. The van der Waals surface area contributed by atoms with Crippen molar-refractivity contribution in [1.29, 1.82) is 0 Å². The number of aromatic amines is 1. The zero-order valence-corrected chi connectivity index (χ0v) is 21.4. The van der Waals surface area contributed by atoms with E-state index in [0.717, 1.165) is 36.6 Å². The number of methoxy groups -OCH3 is 1. The molecule has 2 amide bonds. The number of H-pyrrole nitrogens is 1. The van der Waals surface area contributed by atoms with Crippen LogP contribution in [0, 0.1) is 23.7 Å². The van der Waals surface area contributed by atoms with E-state index in [0.29, 0.717) is 24.4 Å². The van der Waals surface area contributed by atoms with Crippen LogP contribution in [0.5, 0.6) is 5.75 Å². The van der Waals surface area contributed by atoms with Crippen LogP contribution in [0.15, 0.2) is 24.3 Å². The number of Topliss-reactive ketones (excluding diaryl/α,β-unsaturated/α-hetero) is 2. The maximum absolute atomic E-state index is 13.7. The van der Waals surface area contributed by atoms with E-state index >= 15 is 0 Å². The molecule has 1 aliphatic heterocycles. The number of aromatic nitrogens is 1. The van der Waals surface area contributed by atoms with E-state index in [9.17, 15) is 24.3 Å². The molecular weight excluding hydrogens is 474 g/mol. The Kier molecular flexibility index (Phi) is 7.07. The second kappa shape index (κ2) is 10.3. The minimum absolute atomic E-state index is 0.0137. The van der Waals surface area contributed by atoms with Crippen LogP contribution < -0.4 is 10.1 Å². The van der Waals surface area contributed by atoms with Crippen LogP contribution in [-0.4, -0.2) is 70.7 Å². The van der Waals surface area contributed by atoms with Gasteiger partial charge in [0.1, 0.15) is 29.9 Å². The van der Waals surface area contributed by atoms with Crippen LogP contribution in [0.2, 0.25) is 0 Å². The first-order chi connectivity index (χ1) is 17.8. The second-order valence-electron chi connectivity index (χ2n) is 10.9. The van der Waals surface area contributed by atoms with Crippen molar-refractivity contribution in [2.75, 3.05) is 20.3 Å². The van der Waals surface area contributed by atoms with Gasteiger partial charge in [-0.1, -0.05) is 19.4 Å². The number of hydrogen-bond donors (Lipinski definition) is 3. The number of rotatable bonds is 8. The third-order valence-electron chi connectivity index (χ3n) is 8.79. The highest BCUT2D eigenvalue weighted by atomic mass is 16.5. The number of benzene rings is 1. The van der Waals surface area contributed by atoms with Crippen molar-refractivity contribution in [3.8, 4) is 5.75 Å². The summed E-state index contributed by atoms with van der Waals surface area (Å²) >= 11 is 0. The summed E-state index contributed by atoms with van der Waals surface area (Å²) in [5.41, 5.74) is 1.15. The van der Waals surface area contributed by atoms with Gasteiger partial charge < -0.3 is 25.0 Å². The highest BCUT2D eigenvalue weighted by molar-refractivity contribution is 6.02. The number of fused-ring (bicyclic) bond motifs is 2. The highest BCUT2D eigenvalue weighted by Crippen LogP contribution is 2.43. The summed E-state index contributed by atoms with van der Waals surface area (Å²) in [7, 11) is 1.58. The van der Waals surface area contributed by atoms with Gasteiger partial charge >= 0.3 is 0 Å². The Balaban J connectivity index is 1.40. The lowest BCUT2D eigenvalue weighted by atomic mass is 9.88. The normalized spacial score (nSPS) is 27.9. The largest absolute Gasteiger partial charge is 0.496 e. The van der Waals surface area contributed by atoms with Gasteiger partial charge in [0.15, 0.2) is 5.78 Å². The Morgan fingerprint density at radius 2 is 2.05 bits per heavy atom. The maximum atomic E-state index is 13.7. The molecular formula is C28H35N3O6. The number of ether oxygens (including phenoxy) is 1. The van der Waals surface area contributed by atoms with E-state index < -0.39 is 24.5 Å². The summed E-state index contributed by atoms with van der Waals surface area (Å²) < 4.78 is 5.43. The van der Waals surface area contributed by atoms with E-state index in [1.54, 1.807) is 18.1 Å². The molecule has 9 heteroatoms. The molecule has 2 aliphatic carbocycles. The van der Waals surface area contributed by atoms with Gasteiger partial charge in [-0.2, -0.15) is 0 Å². The van der Waals surface area contributed by atoms with E-state index in [2.05, 4.69) is 10.3 Å². The third kappa shape index (κ3) is 4.65. The average Bonchev–Trinajstić information content (AvgIpc) is 3.67. The van der Waals surface area contributed by atoms with Crippen LogP contribution in [0.25, 0.3) is 10.9 Å². The minimum atomic E-state index is -0.957. The molecule has 1 saturated heterocycles. The average molecular weight is 510 g/mol. The number of nitrogens with one attached hydrogen (secondary N) is 2. The van der Waals surface area contributed by atoms with Gasteiger partial charge in [0, 0.05) is 29.8 Å². The molecule has 1 aromatic carbocycles. The first kappa shape index (κ1) is 25.4. The lowest BCUT2D eigenvalue weighted by Gasteiger charge is -2.29. The summed E-state index contributed by atoms with van der Waals surface area (Å²) in [5.74, 6) is -0.368. The molecule has 1 aromatic heterocycles. The van der Waals surface area contributed by atoms with Crippen molar-refractivity contribution < 1.29 is 29.0 Å². The summed E-state index contributed by atoms with van der Waals surface area (Å²) in [5, 5.41) is 13.2. The van der Waals surface area contributed by atoms with Crippen molar-refractivity contribution in [3.05, 3.63) is 30.0 Å². The molecule has 0 unspecified atom stereocenters. The molecule has 3 aliphatic rings. The fourth-order valence-electron chi connectivity index (χ4n) is 6.76. The first-order valence-electron chi connectivity index (χ1n) is 13.3. The van der Waals surface area contributed by atoms with Gasteiger partial charge in [-0.3, -0.25) is 19.2 Å². The van der Waals surface area contributed by atoms with Gasteiger partial charge in [0.25, 0.3) is 5.91 Å². The number of carbonyl (C=O) groups is 4. The maximum Gasteiger partial charge on any atom is 0.271 e. The van der Waals surface area contributed by atoms with Gasteiger partial charge in [-0.25, -0.2) is 0 Å². The molecule has 198 valence electrons. The summed E-state index contributed by atoms with van der Waals surface area (Å²) in [6.07, 6.45) is 4.21. The summed E-state index contributed by atoms with van der Waals surface area (Å²) in [4.78, 5) is 57.2. The van der Waals surface area contributed by atoms with E-state index in [1.165, 1.54) is 0 Å². The number of nitrogens with zero attached hydrogens (tertiary/aromatic N) is 1. The van der Waals surface area contributed by atoms with Crippen molar-refractivity contribution in [1.82, 2.24) is 15.2 Å². The zero-order chi connectivity index (χ0) is 26.3. The van der Waals surface area contributed by atoms with E-state index in [1.807, 2.05) is 25.1 Å². The molecule has 6 atom stereocenters. The number of aliphatic hydroxyl groups is 1. The molecule has 3 N–H and O–H groups in total. The van der Waals surface area contributed by atoms with Gasteiger partial charge in [-0.05, 0) is 61.6 Å². The lowest BCUT2D eigenvalue weighted by molar-refractivity contribution is -0.133. The fourth-order valence-corrected chi connectivity index (χ4v) is 6.76. The third-order valence-corrected chi connectivity index (χ3v) is 8.79. The van der Waals surface area contributed by atoms with E-state index in [4.69, 9.17) is 4.74 Å². The van der Waals surface area contributed by atoms with Gasteiger partial charge in [0.05, 0.1) is 13.2 Å². The molecule has 2 aromatic rings. The van der Waals surface area contributed by atoms with Crippen LogP contribution in [0.3, 0.4) is 0 Å². The van der Waals surface area contributed by atoms with Gasteiger partial charge in [-0.15, -0.1) is 0 Å². The van der Waals surface area contributed by atoms with Crippen molar-refractivity contribution in [2.24, 2.45) is 23.7 Å². The van der Waals surface area contributed by atoms with E-state index in [-0.39, 0.29) is 47.7 Å². The minimum Gasteiger partial charge on any atom is -0.496 e. The number of ketones is 2. The standard InChI is InChI=1S/C28H35N3O6/c1-15-9-10-23(33)18(15)11-21(24(34)14-32)30-27(35)26-17-6-3-5-16(17)13-31(26)28(36)22-12-19-20(29-22)7-4-8-25(19)37-2/h4,7-8,12,15-18,21,26,29,32H,3,5-6,9-11,13-14H2,1-2H3,(H,30,35)/t15-,16-,17-,18+,21-,26-/m0/s1. The van der Waals surface area contributed by atoms with Crippen LogP contribution in [0.4, 0.5) is 0 Å². The van der Waals surface area contributed by atoms with Crippen molar-refractivity contribution >= 4 is 34.3 Å². The molecule has 5 rings (SSSR count). The Labute approximate surface area is 215 Å². The number of carbonyl (C=O) groups excluding carboxylic acids is 4. The van der Waals surface area contributed by atoms with Crippen LogP contribution in [0.1, 0.15) is 55.9 Å². The lowest BCUT2D eigenvalue weighted by Crippen LogP contribution is -2.53. The molecule has 37 heavy (non-hydrogen) atoms. The molecule has 2 heterocycles. The Bertz CT molecular complexity index is 1220. The van der Waals surface area contributed by atoms with Crippen molar-refractivity contribution in [2.45, 2.75) is 57.5 Å². The first-order valence-corrected chi connectivity index (χ1v) is 13.3. The monoisotopic (exact) mass is 509 g/mol. The number of hydrogen-bond acceptors (Lipinski definition) is 6. The second-order valence-corrected chi connectivity index (χ2v) is 10.9. The Morgan fingerprint density at radius 1 is 1.24 bits per heavy atom. The van der Waals surface area contributed by atoms with Gasteiger partial charge in [0.2, 0.25) is 5.91 Å². The summed E-state index contributed by atoms with van der Waals surface area (Å²) in [6.45, 7) is 1.75. The zero-order valence-electron chi connectivity index (χ0n) is 21.4. The van der Waals surface area contributed by atoms with Crippen LogP contribution in [-0.2, 0) is 14.4 Å². The quantitative estimate of drug-likeness (QED) is 0.502. The molecule has 9 nitrogen and oxygen atoms in total. The Hall–Kier alpha value is -3.20. The molecule has 3 fully saturated rings. The number of likely N-dealkylation sites (tertiary alicyclic amines) is 1. The molecule has 0 radical (unpaired) electrons. The molecule has 0 bridgehead atoms. The number of aliphatic hydroxyl groups excluding tert-OH is 1. The molecule has 0 spiro atoms. The predicted octanol–water partition coefficient (Wildman–Crippen LogP) is 2.47.